The first-order valence-corrected chi connectivity index (χ1v) is 5.89. The molecule has 0 bridgehead atoms. The average Bonchev–Trinajstić information content (AvgIpc) is 2.87. The molecule has 16 heavy (non-hydrogen) atoms. The van der Waals surface area contributed by atoms with Gasteiger partial charge in [-0.25, -0.2) is 4.98 Å². The van der Waals surface area contributed by atoms with Crippen LogP contribution in [0.3, 0.4) is 0 Å². The van der Waals surface area contributed by atoms with Crippen molar-refractivity contribution in [3.63, 3.8) is 0 Å². The Hall–Kier alpha value is -1.62. The molecule has 5 heteroatoms. The van der Waals surface area contributed by atoms with E-state index in [1.165, 1.54) is 4.88 Å². The van der Waals surface area contributed by atoms with Crippen LogP contribution in [0.4, 0.5) is 0 Å². The lowest BCUT2D eigenvalue weighted by Crippen LogP contribution is -1.97. The van der Waals surface area contributed by atoms with E-state index in [4.69, 9.17) is 5.11 Å². The van der Waals surface area contributed by atoms with Crippen molar-refractivity contribution in [1.82, 2.24) is 9.97 Å². The summed E-state index contributed by atoms with van der Waals surface area (Å²) >= 11 is 1.69. The summed E-state index contributed by atoms with van der Waals surface area (Å²) in [6, 6.07) is 4.07. The van der Waals surface area contributed by atoms with E-state index in [-0.39, 0.29) is 6.42 Å². The number of H-pyrrole nitrogens is 1. The summed E-state index contributed by atoms with van der Waals surface area (Å²) in [6.07, 6.45) is 3.14. The first kappa shape index (κ1) is 10.9. The fourth-order valence-corrected chi connectivity index (χ4v) is 2.15. The maximum Gasteiger partial charge on any atom is 0.303 e. The van der Waals surface area contributed by atoms with Crippen LogP contribution in [0.25, 0.3) is 0 Å². The molecule has 0 saturated heterocycles. The molecule has 2 heterocycles. The fraction of sp³-hybridized carbons (Fsp3) is 0.273. The van der Waals surface area contributed by atoms with Gasteiger partial charge < -0.3 is 10.1 Å². The van der Waals surface area contributed by atoms with E-state index in [1.54, 1.807) is 17.5 Å². The second-order valence-corrected chi connectivity index (χ2v) is 4.54. The monoisotopic (exact) mass is 236 g/mol. The van der Waals surface area contributed by atoms with Crippen molar-refractivity contribution in [2.45, 2.75) is 19.3 Å². The molecular formula is C11H12N2O2S. The number of rotatable bonds is 5. The van der Waals surface area contributed by atoms with Gasteiger partial charge >= 0.3 is 5.97 Å². The van der Waals surface area contributed by atoms with Gasteiger partial charge in [-0.05, 0) is 17.9 Å². The molecule has 84 valence electrons. The van der Waals surface area contributed by atoms with Gasteiger partial charge in [-0.2, -0.15) is 0 Å². The number of aromatic amines is 1. The normalized spacial score (nSPS) is 10.5. The van der Waals surface area contributed by atoms with Crippen LogP contribution in [-0.4, -0.2) is 21.0 Å². The Morgan fingerprint density at radius 1 is 1.56 bits per heavy atom. The van der Waals surface area contributed by atoms with E-state index in [0.29, 0.717) is 6.42 Å². The number of carboxylic acid groups (broad SMARTS) is 1. The van der Waals surface area contributed by atoms with E-state index < -0.39 is 5.97 Å². The smallest absolute Gasteiger partial charge is 0.303 e. The van der Waals surface area contributed by atoms with Gasteiger partial charge in [0.1, 0.15) is 5.82 Å². The predicted octanol–water partition coefficient (Wildman–Crippen LogP) is 2.08. The maximum atomic E-state index is 10.4. The minimum atomic E-state index is -0.783. The lowest BCUT2D eigenvalue weighted by molar-refractivity contribution is -0.136. The van der Waals surface area contributed by atoms with E-state index >= 15 is 0 Å². The van der Waals surface area contributed by atoms with Gasteiger partial charge in [0.05, 0.1) is 6.42 Å². The standard InChI is InChI=1S/C11H12N2O2S/c14-11(15)4-3-8-7-12-10(13-8)6-9-2-1-5-16-9/h1-2,5,7H,3-4,6H2,(H,12,13)(H,14,15). The lowest BCUT2D eigenvalue weighted by Gasteiger charge is -1.94. The van der Waals surface area contributed by atoms with Gasteiger partial charge in [0, 0.05) is 23.2 Å². The lowest BCUT2D eigenvalue weighted by atomic mass is 10.2. The highest BCUT2D eigenvalue weighted by molar-refractivity contribution is 7.09. The molecule has 4 nitrogen and oxygen atoms in total. The van der Waals surface area contributed by atoms with Crippen molar-refractivity contribution in [2.24, 2.45) is 0 Å². The van der Waals surface area contributed by atoms with Crippen LogP contribution in [0.5, 0.6) is 0 Å². The zero-order valence-corrected chi connectivity index (χ0v) is 9.46. The molecule has 0 atom stereocenters. The first-order valence-electron chi connectivity index (χ1n) is 5.01. The molecule has 0 aliphatic carbocycles. The molecule has 0 unspecified atom stereocenters. The number of nitrogens with one attached hydrogen (secondary N) is 1. The number of carboxylic acids is 1. The molecule has 0 saturated carbocycles. The average molecular weight is 236 g/mol. The largest absolute Gasteiger partial charge is 0.481 e. The zero-order valence-electron chi connectivity index (χ0n) is 8.64. The van der Waals surface area contributed by atoms with Crippen LogP contribution in [-0.2, 0) is 17.6 Å². The minimum absolute atomic E-state index is 0.140. The van der Waals surface area contributed by atoms with Crippen LogP contribution in [0.2, 0.25) is 0 Å². The number of hydrogen-bond acceptors (Lipinski definition) is 3. The molecule has 2 N–H and O–H groups in total. The van der Waals surface area contributed by atoms with Gasteiger partial charge in [-0.1, -0.05) is 6.07 Å². The van der Waals surface area contributed by atoms with Crippen LogP contribution in [0.15, 0.2) is 23.7 Å². The van der Waals surface area contributed by atoms with E-state index in [9.17, 15) is 4.79 Å². The van der Waals surface area contributed by atoms with Crippen molar-refractivity contribution < 1.29 is 9.90 Å². The Balaban J connectivity index is 1.94. The van der Waals surface area contributed by atoms with Crippen molar-refractivity contribution in [3.8, 4) is 0 Å². The van der Waals surface area contributed by atoms with E-state index in [1.807, 2.05) is 11.4 Å². The number of aryl methyl sites for hydroxylation is 1. The summed E-state index contributed by atoms with van der Waals surface area (Å²) in [7, 11) is 0. The Labute approximate surface area is 97.0 Å². The van der Waals surface area contributed by atoms with Crippen LogP contribution >= 0.6 is 11.3 Å². The Morgan fingerprint density at radius 3 is 3.12 bits per heavy atom. The van der Waals surface area contributed by atoms with Crippen molar-refractivity contribution >= 4 is 17.3 Å². The van der Waals surface area contributed by atoms with E-state index in [2.05, 4.69) is 16.0 Å². The SMILES string of the molecule is O=C(O)CCc1cnc(Cc2cccs2)[nH]1. The van der Waals surface area contributed by atoms with Crippen molar-refractivity contribution in [3.05, 3.63) is 40.1 Å². The first-order chi connectivity index (χ1) is 7.74. The van der Waals surface area contributed by atoms with Gasteiger partial charge in [-0.15, -0.1) is 11.3 Å². The molecular weight excluding hydrogens is 224 g/mol. The van der Waals surface area contributed by atoms with Crippen molar-refractivity contribution in [1.29, 1.82) is 0 Å². The molecule has 2 aromatic rings. The predicted molar refractivity (Wildman–Crippen MR) is 61.7 cm³/mol. The molecule has 0 radical (unpaired) electrons. The molecule has 0 fully saturated rings. The molecule has 0 aliphatic rings. The number of thiophene rings is 1. The van der Waals surface area contributed by atoms with Crippen LogP contribution in [0, 0.1) is 0 Å². The highest BCUT2D eigenvalue weighted by Gasteiger charge is 2.04. The van der Waals surface area contributed by atoms with Crippen LogP contribution in [0.1, 0.15) is 22.8 Å². The number of aromatic nitrogens is 2. The van der Waals surface area contributed by atoms with Gasteiger partial charge in [-0.3, -0.25) is 4.79 Å². The topological polar surface area (TPSA) is 66.0 Å². The summed E-state index contributed by atoms with van der Waals surface area (Å²) in [5.74, 6) is 0.109. The number of aliphatic carboxylic acids is 1. The minimum Gasteiger partial charge on any atom is -0.481 e. The summed E-state index contributed by atoms with van der Waals surface area (Å²) in [6.45, 7) is 0. The summed E-state index contributed by atoms with van der Waals surface area (Å²) < 4.78 is 0. The molecule has 0 amide bonds. The molecule has 0 aromatic carbocycles. The fourth-order valence-electron chi connectivity index (χ4n) is 1.44. The number of hydrogen-bond donors (Lipinski definition) is 2. The molecule has 2 rings (SSSR count). The summed E-state index contributed by atoms with van der Waals surface area (Å²) in [5, 5.41) is 10.6. The number of nitrogens with zero attached hydrogens (tertiary/aromatic N) is 1. The zero-order chi connectivity index (χ0) is 11.4. The Kier molecular flexibility index (Phi) is 3.36. The Morgan fingerprint density at radius 2 is 2.44 bits per heavy atom. The van der Waals surface area contributed by atoms with Crippen molar-refractivity contribution in [2.75, 3.05) is 0 Å². The van der Waals surface area contributed by atoms with Gasteiger partial charge in [0.2, 0.25) is 0 Å². The van der Waals surface area contributed by atoms with E-state index in [0.717, 1.165) is 17.9 Å². The maximum absolute atomic E-state index is 10.4. The van der Waals surface area contributed by atoms with Gasteiger partial charge in [0.25, 0.3) is 0 Å². The molecule has 0 spiro atoms. The molecule has 2 aromatic heterocycles. The molecule has 0 aliphatic heterocycles. The van der Waals surface area contributed by atoms with Gasteiger partial charge in [0.15, 0.2) is 0 Å². The third-order valence-electron chi connectivity index (χ3n) is 2.21. The Bertz CT molecular complexity index is 462. The number of imidazole rings is 1. The summed E-state index contributed by atoms with van der Waals surface area (Å²) in [5.41, 5.74) is 0.883. The van der Waals surface area contributed by atoms with Crippen LogP contribution < -0.4 is 0 Å². The number of carbonyl (C=O) groups is 1. The highest BCUT2D eigenvalue weighted by Crippen LogP contribution is 2.13. The second-order valence-electron chi connectivity index (χ2n) is 3.51. The highest BCUT2D eigenvalue weighted by atomic mass is 32.1. The third kappa shape index (κ3) is 2.93. The quantitative estimate of drug-likeness (QED) is 0.835. The third-order valence-corrected chi connectivity index (χ3v) is 3.09. The second kappa shape index (κ2) is 4.94. The summed E-state index contributed by atoms with van der Waals surface area (Å²) in [4.78, 5) is 19.0.